The van der Waals surface area contributed by atoms with E-state index in [4.69, 9.17) is 0 Å². The number of benzene rings is 1. The summed E-state index contributed by atoms with van der Waals surface area (Å²) in [7, 11) is 0. The lowest BCUT2D eigenvalue weighted by Crippen LogP contribution is -2.24. The molecule has 1 amide bonds. The van der Waals surface area contributed by atoms with E-state index in [-0.39, 0.29) is 5.91 Å². The topological polar surface area (TPSA) is 41.1 Å². The number of aryl methyl sites for hydroxylation is 1. The summed E-state index contributed by atoms with van der Waals surface area (Å²) >= 11 is 1.88. The Hall–Kier alpha value is -1.16. The van der Waals surface area contributed by atoms with Crippen LogP contribution in [-0.2, 0) is 0 Å². The van der Waals surface area contributed by atoms with E-state index in [2.05, 4.69) is 23.8 Å². The summed E-state index contributed by atoms with van der Waals surface area (Å²) in [4.78, 5) is 12.0. The first-order valence-corrected chi connectivity index (χ1v) is 8.70. The van der Waals surface area contributed by atoms with Gasteiger partial charge in [-0.25, -0.2) is 0 Å². The Kier molecular flexibility index (Phi) is 8.19. The number of unbranched alkanes of at least 4 members (excludes halogenated alkanes) is 2. The standard InChI is InChI=1S/C16H26N2OS/c1-4-17-15-9-8-14(12-13(15)2)16(19)18-10-6-5-7-11-20-3/h8-9,12,17H,4-7,10-11H2,1-3H3,(H,18,19). The predicted octanol–water partition coefficient (Wildman–Crippen LogP) is 3.69. The van der Waals surface area contributed by atoms with Gasteiger partial charge in [-0.05, 0) is 62.5 Å². The normalized spacial score (nSPS) is 10.3. The van der Waals surface area contributed by atoms with Crippen LogP contribution < -0.4 is 10.6 Å². The monoisotopic (exact) mass is 294 g/mol. The molecule has 0 aliphatic carbocycles. The molecule has 0 aliphatic rings. The van der Waals surface area contributed by atoms with Gasteiger partial charge in [0.15, 0.2) is 0 Å². The summed E-state index contributed by atoms with van der Waals surface area (Å²) in [5, 5.41) is 6.27. The molecule has 112 valence electrons. The van der Waals surface area contributed by atoms with Gasteiger partial charge in [-0.15, -0.1) is 0 Å². The van der Waals surface area contributed by atoms with E-state index in [0.29, 0.717) is 0 Å². The van der Waals surface area contributed by atoms with Crippen molar-refractivity contribution in [3.63, 3.8) is 0 Å². The van der Waals surface area contributed by atoms with Crippen LogP contribution in [0.3, 0.4) is 0 Å². The lowest BCUT2D eigenvalue weighted by atomic mass is 10.1. The van der Waals surface area contributed by atoms with Crippen LogP contribution in [0.5, 0.6) is 0 Å². The summed E-state index contributed by atoms with van der Waals surface area (Å²) in [6, 6.07) is 5.81. The molecule has 0 bridgehead atoms. The molecule has 0 saturated carbocycles. The molecular weight excluding hydrogens is 268 g/mol. The fraction of sp³-hybridized carbons (Fsp3) is 0.562. The molecule has 0 fully saturated rings. The van der Waals surface area contributed by atoms with E-state index in [0.717, 1.165) is 36.3 Å². The molecule has 1 rings (SSSR count). The molecule has 2 N–H and O–H groups in total. The quantitative estimate of drug-likeness (QED) is 0.682. The molecule has 0 spiro atoms. The third kappa shape index (κ3) is 5.87. The molecule has 0 unspecified atom stereocenters. The first kappa shape index (κ1) is 16.9. The third-order valence-electron chi connectivity index (χ3n) is 3.17. The Balaban J connectivity index is 2.38. The lowest BCUT2D eigenvalue weighted by molar-refractivity contribution is 0.0953. The average molecular weight is 294 g/mol. The van der Waals surface area contributed by atoms with Gasteiger partial charge >= 0.3 is 0 Å². The van der Waals surface area contributed by atoms with Crippen LogP contribution in [0.2, 0.25) is 0 Å². The Morgan fingerprint density at radius 1 is 1.25 bits per heavy atom. The van der Waals surface area contributed by atoms with Gasteiger partial charge in [0.2, 0.25) is 0 Å². The van der Waals surface area contributed by atoms with Crippen LogP contribution >= 0.6 is 11.8 Å². The van der Waals surface area contributed by atoms with Gasteiger partial charge in [0.25, 0.3) is 5.91 Å². The van der Waals surface area contributed by atoms with Crippen molar-refractivity contribution in [1.82, 2.24) is 5.32 Å². The number of thioether (sulfide) groups is 1. The summed E-state index contributed by atoms with van der Waals surface area (Å²) in [6.45, 7) is 5.75. The van der Waals surface area contributed by atoms with Gasteiger partial charge < -0.3 is 10.6 Å². The predicted molar refractivity (Wildman–Crippen MR) is 89.9 cm³/mol. The first-order chi connectivity index (χ1) is 9.69. The number of hydrogen-bond donors (Lipinski definition) is 2. The summed E-state index contributed by atoms with van der Waals surface area (Å²) in [5.41, 5.74) is 2.95. The number of hydrogen-bond acceptors (Lipinski definition) is 3. The van der Waals surface area contributed by atoms with Crippen LogP contribution in [0.1, 0.15) is 42.1 Å². The SMILES string of the molecule is CCNc1ccc(C(=O)NCCCCCSC)cc1C. The van der Waals surface area contributed by atoms with Crippen LogP contribution in [-0.4, -0.2) is 31.0 Å². The van der Waals surface area contributed by atoms with Crippen LogP contribution in [0.25, 0.3) is 0 Å². The van der Waals surface area contributed by atoms with Gasteiger partial charge in [0.1, 0.15) is 0 Å². The first-order valence-electron chi connectivity index (χ1n) is 7.30. The fourth-order valence-corrected chi connectivity index (χ4v) is 2.54. The van der Waals surface area contributed by atoms with Gasteiger partial charge in [0, 0.05) is 24.3 Å². The number of carbonyl (C=O) groups is 1. The third-order valence-corrected chi connectivity index (χ3v) is 3.86. The molecule has 1 aromatic carbocycles. The van der Waals surface area contributed by atoms with Crippen molar-refractivity contribution < 1.29 is 4.79 Å². The zero-order chi connectivity index (χ0) is 14.8. The maximum atomic E-state index is 12.0. The number of rotatable bonds is 9. The van der Waals surface area contributed by atoms with Crippen LogP contribution in [0.4, 0.5) is 5.69 Å². The fourth-order valence-electron chi connectivity index (χ4n) is 2.05. The molecule has 3 nitrogen and oxygen atoms in total. The van der Waals surface area contributed by atoms with Crippen molar-refractivity contribution in [2.45, 2.75) is 33.1 Å². The molecule has 20 heavy (non-hydrogen) atoms. The highest BCUT2D eigenvalue weighted by molar-refractivity contribution is 7.98. The Labute approximate surface area is 126 Å². The Morgan fingerprint density at radius 2 is 2.05 bits per heavy atom. The van der Waals surface area contributed by atoms with E-state index in [1.54, 1.807) is 0 Å². The van der Waals surface area contributed by atoms with Crippen molar-refractivity contribution in [3.05, 3.63) is 29.3 Å². The zero-order valence-electron chi connectivity index (χ0n) is 12.8. The summed E-state index contributed by atoms with van der Waals surface area (Å²) in [6.07, 6.45) is 5.59. The average Bonchev–Trinajstić information content (AvgIpc) is 2.45. The van der Waals surface area contributed by atoms with E-state index in [1.807, 2.05) is 36.9 Å². The van der Waals surface area contributed by atoms with Crippen LogP contribution in [0, 0.1) is 6.92 Å². The van der Waals surface area contributed by atoms with Gasteiger partial charge in [-0.3, -0.25) is 4.79 Å². The molecular formula is C16H26N2OS. The maximum absolute atomic E-state index is 12.0. The highest BCUT2D eigenvalue weighted by Gasteiger charge is 2.06. The molecule has 0 heterocycles. The number of anilines is 1. The van der Waals surface area contributed by atoms with Gasteiger partial charge in [-0.2, -0.15) is 11.8 Å². The molecule has 0 aromatic heterocycles. The lowest BCUT2D eigenvalue weighted by Gasteiger charge is -2.10. The smallest absolute Gasteiger partial charge is 0.251 e. The maximum Gasteiger partial charge on any atom is 0.251 e. The van der Waals surface area contributed by atoms with Crippen molar-refractivity contribution in [1.29, 1.82) is 0 Å². The second kappa shape index (κ2) is 9.70. The highest BCUT2D eigenvalue weighted by atomic mass is 32.2. The van der Waals surface area contributed by atoms with Gasteiger partial charge in [-0.1, -0.05) is 6.42 Å². The minimum absolute atomic E-state index is 0.0287. The largest absolute Gasteiger partial charge is 0.385 e. The molecule has 0 saturated heterocycles. The van der Waals surface area contributed by atoms with Crippen molar-refractivity contribution in [2.75, 3.05) is 30.4 Å². The zero-order valence-corrected chi connectivity index (χ0v) is 13.6. The number of carbonyl (C=O) groups excluding carboxylic acids is 1. The van der Waals surface area contributed by atoms with Crippen molar-refractivity contribution in [2.24, 2.45) is 0 Å². The second-order valence-corrected chi connectivity index (χ2v) is 5.85. The van der Waals surface area contributed by atoms with E-state index >= 15 is 0 Å². The Morgan fingerprint density at radius 3 is 2.70 bits per heavy atom. The van der Waals surface area contributed by atoms with Gasteiger partial charge in [0.05, 0.1) is 0 Å². The molecule has 4 heteroatoms. The van der Waals surface area contributed by atoms with Crippen molar-refractivity contribution in [3.8, 4) is 0 Å². The molecule has 0 radical (unpaired) electrons. The molecule has 1 aromatic rings. The minimum atomic E-state index is 0.0287. The summed E-state index contributed by atoms with van der Waals surface area (Å²) in [5.74, 6) is 1.24. The Bertz CT molecular complexity index is 421. The van der Waals surface area contributed by atoms with Crippen molar-refractivity contribution >= 4 is 23.4 Å². The highest BCUT2D eigenvalue weighted by Crippen LogP contribution is 2.16. The molecule has 0 atom stereocenters. The summed E-state index contributed by atoms with van der Waals surface area (Å²) < 4.78 is 0. The molecule has 0 aliphatic heterocycles. The van der Waals surface area contributed by atoms with E-state index in [9.17, 15) is 4.79 Å². The van der Waals surface area contributed by atoms with E-state index in [1.165, 1.54) is 18.6 Å². The minimum Gasteiger partial charge on any atom is -0.385 e. The van der Waals surface area contributed by atoms with E-state index < -0.39 is 0 Å². The number of amides is 1. The van der Waals surface area contributed by atoms with Crippen LogP contribution in [0.15, 0.2) is 18.2 Å². The number of nitrogens with one attached hydrogen (secondary N) is 2. The second-order valence-electron chi connectivity index (χ2n) is 4.87.